The molecule has 0 spiro atoms. The van der Waals surface area contributed by atoms with Crippen molar-refractivity contribution in [2.24, 2.45) is 0 Å². The van der Waals surface area contributed by atoms with Crippen LogP contribution in [0.25, 0.3) is 0 Å². The number of nitrogens with zero attached hydrogens (tertiary/aromatic N) is 1. The minimum Gasteiger partial charge on any atom is -0.275 e. The van der Waals surface area contributed by atoms with E-state index in [1.165, 1.54) is 50.1 Å². The molecule has 0 aromatic heterocycles. The Balaban J connectivity index is 1.68. The molecule has 3 aliphatic rings. The average Bonchev–Trinajstić information content (AvgIpc) is 2.72. The Labute approximate surface area is 117 Å². The lowest BCUT2D eigenvalue weighted by Gasteiger charge is -2.34. The van der Waals surface area contributed by atoms with Crippen molar-refractivity contribution in [1.29, 1.82) is 0 Å². The van der Waals surface area contributed by atoms with Gasteiger partial charge in [0.1, 0.15) is 0 Å². The van der Waals surface area contributed by atoms with Gasteiger partial charge in [0.05, 0.1) is 24.2 Å². The summed E-state index contributed by atoms with van der Waals surface area (Å²) in [6, 6.07) is 2.86. The van der Waals surface area contributed by atoms with E-state index in [0.29, 0.717) is 12.1 Å². The summed E-state index contributed by atoms with van der Waals surface area (Å²) in [5.74, 6) is 1.33. The first-order chi connectivity index (χ1) is 9.13. The predicted molar refractivity (Wildman–Crippen MR) is 79.5 cm³/mol. The molecule has 1 fully saturated rings. The molecule has 1 saturated heterocycles. The molecule has 3 heteroatoms. The van der Waals surface area contributed by atoms with Gasteiger partial charge in [-0.2, -0.15) is 0 Å². The molecule has 0 amide bonds. The van der Waals surface area contributed by atoms with Crippen LogP contribution >= 0.6 is 0 Å². The Bertz CT molecular complexity index is 406. The lowest BCUT2D eigenvalue weighted by Crippen LogP contribution is -2.61. The number of nitrogens with one attached hydrogen (secondary N) is 2. The van der Waals surface area contributed by atoms with Crippen molar-refractivity contribution in [2.75, 3.05) is 0 Å². The Kier molecular flexibility index (Phi) is 3.55. The third-order valence-electron chi connectivity index (χ3n) is 4.85. The smallest absolute Gasteiger partial charge is 0.275 e. The molecule has 0 saturated carbocycles. The third-order valence-corrected chi connectivity index (χ3v) is 4.85. The van der Waals surface area contributed by atoms with E-state index in [1.54, 1.807) is 0 Å². The van der Waals surface area contributed by atoms with E-state index in [-0.39, 0.29) is 0 Å². The zero-order chi connectivity index (χ0) is 13.4. The number of allylic oxidation sites excluding steroid dienone is 2. The summed E-state index contributed by atoms with van der Waals surface area (Å²) in [6.45, 7) is 6.69. The highest BCUT2D eigenvalue weighted by atomic mass is 15.3. The van der Waals surface area contributed by atoms with Crippen LogP contribution in [-0.4, -0.2) is 34.7 Å². The topological polar surface area (TPSA) is 27.1 Å². The van der Waals surface area contributed by atoms with E-state index in [9.17, 15) is 0 Å². The summed E-state index contributed by atoms with van der Waals surface area (Å²) in [5, 5.41) is 7.43. The fraction of sp³-hybridized carbons (Fsp3) is 0.812. The van der Waals surface area contributed by atoms with Gasteiger partial charge in [-0.25, -0.2) is 0 Å². The molecule has 0 unspecified atom stereocenters. The van der Waals surface area contributed by atoms with Crippen molar-refractivity contribution >= 4 is 5.96 Å². The summed E-state index contributed by atoms with van der Waals surface area (Å²) in [4.78, 5) is 0. The fourth-order valence-electron chi connectivity index (χ4n) is 4.02. The molecular formula is C16H28N3+. The lowest BCUT2D eigenvalue weighted by molar-refractivity contribution is -0.593. The van der Waals surface area contributed by atoms with Gasteiger partial charge in [0.25, 0.3) is 0 Å². The normalized spacial score (nSPS) is 36.4. The molecule has 0 aliphatic carbocycles. The summed E-state index contributed by atoms with van der Waals surface area (Å²) in [7, 11) is 0. The van der Waals surface area contributed by atoms with E-state index in [0.717, 1.165) is 12.1 Å². The molecule has 3 aliphatic heterocycles. The van der Waals surface area contributed by atoms with Crippen LogP contribution < -0.4 is 10.6 Å². The van der Waals surface area contributed by atoms with Crippen LogP contribution in [0.4, 0.5) is 0 Å². The highest BCUT2D eigenvalue weighted by molar-refractivity contribution is 5.76. The first kappa shape index (κ1) is 13.0. The van der Waals surface area contributed by atoms with E-state index in [2.05, 4.69) is 42.1 Å². The molecule has 0 aromatic rings. The number of rotatable bonds is 3. The lowest BCUT2D eigenvalue weighted by atomic mass is 9.99. The Morgan fingerprint density at radius 2 is 1.95 bits per heavy atom. The van der Waals surface area contributed by atoms with E-state index < -0.39 is 0 Å². The number of guanidine groups is 1. The quantitative estimate of drug-likeness (QED) is 0.603. The average molecular weight is 262 g/mol. The first-order valence-corrected chi connectivity index (χ1v) is 7.95. The van der Waals surface area contributed by atoms with Crippen molar-refractivity contribution in [2.45, 2.75) is 83.5 Å². The van der Waals surface area contributed by atoms with Gasteiger partial charge in [-0.3, -0.25) is 15.2 Å². The molecule has 0 aromatic carbocycles. The minimum atomic E-state index is 0.624. The fourth-order valence-corrected chi connectivity index (χ4v) is 4.02. The van der Waals surface area contributed by atoms with Crippen molar-refractivity contribution in [3.05, 3.63) is 11.6 Å². The second-order valence-corrected chi connectivity index (χ2v) is 6.86. The van der Waals surface area contributed by atoms with E-state index in [1.807, 2.05) is 0 Å². The van der Waals surface area contributed by atoms with Crippen LogP contribution in [0.15, 0.2) is 11.6 Å². The van der Waals surface area contributed by atoms with Gasteiger partial charge in [0.2, 0.25) is 0 Å². The summed E-state index contributed by atoms with van der Waals surface area (Å²) < 4.78 is 2.65. The molecule has 4 atom stereocenters. The predicted octanol–water partition coefficient (Wildman–Crippen LogP) is 2.38. The zero-order valence-electron chi connectivity index (χ0n) is 12.6. The van der Waals surface area contributed by atoms with Crippen molar-refractivity contribution in [3.8, 4) is 0 Å². The largest absolute Gasteiger partial charge is 0.346 e. The summed E-state index contributed by atoms with van der Waals surface area (Å²) in [5.41, 5.74) is 1.44. The standard InChI is InChI=1S/C16H27N3/c1-11(2)5-4-6-13-10-15-8-7-14-9-12(3)17-16(18-13)19(14)15/h5,12-15H,4,6-10H2,1-3H3,(H,17,18)/p+1/t12-,13-,14+,15+/m1/s1. The van der Waals surface area contributed by atoms with Gasteiger partial charge < -0.3 is 0 Å². The van der Waals surface area contributed by atoms with Crippen molar-refractivity contribution in [3.63, 3.8) is 0 Å². The maximum Gasteiger partial charge on any atom is 0.346 e. The van der Waals surface area contributed by atoms with Gasteiger partial charge in [-0.15, -0.1) is 0 Å². The molecule has 0 radical (unpaired) electrons. The van der Waals surface area contributed by atoms with Crippen LogP contribution in [-0.2, 0) is 0 Å². The van der Waals surface area contributed by atoms with E-state index in [4.69, 9.17) is 0 Å². The van der Waals surface area contributed by atoms with Crippen LogP contribution in [0.1, 0.15) is 59.3 Å². The molecule has 19 heavy (non-hydrogen) atoms. The molecular weight excluding hydrogens is 234 g/mol. The minimum absolute atomic E-state index is 0.624. The maximum absolute atomic E-state index is 3.76. The van der Waals surface area contributed by atoms with E-state index >= 15 is 0 Å². The van der Waals surface area contributed by atoms with Crippen molar-refractivity contribution in [1.82, 2.24) is 10.6 Å². The Morgan fingerprint density at radius 1 is 1.21 bits per heavy atom. The molecule has 3 rings (SSSR count). The van der Waals surface area contributed by atoms with Crippen LogP contribution in [0.5, 0.6) is 0 Å². The van der Waals surface area contributed by atoms with Crippen LogP contribution in [0, 0.1) is 0 Å². The van der Waals surface area contributed by atoms with Gasteiger partial charge in [0, 0.05) is 12.8 Å². The van der Waals surface area contributed by atoms with Crippen LogP contribution in [0.2, 0.25) is 0 Å². The number of hydrogen-bond donors (Lipinski definition) is 2. The Morgan fingerprint density at radius 3 is 2.68 bits per heavy atom. The zero-order valence-corrected chi connectivity index (χ0v) is 12.6. The van der Waals surface area contributed by atoms with Gasteiger partial charge in [0.15, 0.2) is 0 Å². The summed E-state index contributed by atoms with van der Waals surface area (Å²) in [6.07, 6.45) is 10.3. The van der Waals surface area contributed by atoms with Crippen molar-refractivity contribution < 1.29 is 4.58 Å². The maximum atomic E-state index is 3.76. The first-order valence-electron chi connectivity index (χ1n) is 7.95. The second kappa shape index (κ2) is 5.18. The van der Waals surface area contributed by atoms with Gasteiger partial charge in [-0.05, 0) is 46.5 Å². The van der Waals surface area contributed by atoms with Gasteiger partial charge >= 0.3 is 5.96 Å². The highest BCUT2D eigenvalue weighted by Crippen LogP contribution is 2.31. The molecule has 3 heterocycles. The highest BCUT2D eigenvalue weighted by Gasteiger charge is 2.44. The second-order valence-electron chi connectivity index (χ2n) is 6.86. The third kappa shape index (κ3) is 2.65. The Hall–Kier alpha value is -0.990. The molecule has 2 N–H and O–H groups in total. The van der Waals surface area contributed by atoms with Gasteiger partial charge in [-0.1, -0.05) is 11.6 Å². The monoisotopic (exact) mass is 262 g/mol. The number of hydrogen-bond acceptors (Lipinski definition) is 2. The summed E-state index contributed by atoms with van der Waals surface area (Å²) >= 11 is 0. The molecule has 0 bridgehead atoms. The SMILES string of the molecule is CC(C)=CCC[C@@H]1C[C@@H]2CC[C@H]3C[C@@H](C)NC(=[N+]23)N1. The van der Waals surface area contributed by atoms with Crippen LogP contribution in [0.3, 0.4) is 0 Å². The molecule has 3 nitrogen and oxygen atoms in total. The molecule has 106 valence electrons.